The average molecular weight is 440 g/mol. The van der Waals surface area contributed by atoms with Gasteiger partial charge in [0, 0.05) is 30.4 Å². The minimum Gasteiger partial charge on any atom is -0.497 e. The third-order valence-corrected chi connectivity index (χ3v) is 5.36. The minimum absolute atomic E-state index is 0.0268. The van der Waals surface area contributed by atoms with Gasteiger partial charge in [0.15, 0.2) is 0 Å². The third kappa shape index (κ3) is 4.88. The third-order valence-electron chi connectivity index (χ3n) is 5.36. The summed E-state index contributed by atoms with van der Waals surface area (Å²) in [6.07, 6.45) is 1.30. The largest absolute Gasteiger partial charge is 0.497 e. The minimum atomic E-state index is -0.571. The van der Waals surface area contributed by atoms with E-state index in [1.807, 2.05) is 31.2 Å². The first-order valence-electron chi connectivity index (χ1n) is 10.6. The number of hydrogen-bond acceptors (Lipinski definition) is 7. The van der Waals surface area contributed by atoms with Crippen LogP contribution in [-0.2, 0) is 14.3 Å². The highest BCUT2D eigenvalue weighted by atomic mass is 16.5. The zero-order chi connectivity index (χ0) is 23.3. The van der Waals surface area contributed by atoms with Gasteiger partial charge in [-0.25, -0.2) is 4.79 Å². The van der Waals surface area contributed by atoms with Crippen molar-refractivity contribution < 1.29 is 28.5 Å². The van der Waals surface area contributed by atoms with Crippen molar-refractivity contribution in [1.29, 1.82) is 0 Å². The average Bonchev–Trinajstić information content (AvgIpc) is 2.78. The number of nitrogens with two attached hydrogens (primary N) is 1. The van der Waals surface area contributed by atoms with Gasteiger partial charge in [-0.1, -0.05) is 13.0 Å². The number of esters is 1. The second-order valence-electron chi connectivity index (χ2n) is 7.50. The van der Waals surface area contributed by atoms with Crippen LogP contribution in [-0.4, -0.2) is 32.6 Å². The second-order valence-corrected chi connectivity index (χ2v) is 7.50. The number of rotatable bonds is 9. The van der Waals surface area contributed by atoms with E-state index in [2.05, 4.69) is 0 Å². The van der Waals surface area contributed by atoms with E-state index in [1.165, 1.54) is 0 Å². The SMILES string of the molecule is CCCC(=O)CC1C(C(=O)OCC)=C(N)Oc2ccc(-c3cc(OC)cc(OC)c3)cc21. The molecule has 7 heteroatoms. The molecular formula is C25H29NO6. The van der Waals surface area contributed by atoms with Gasteiger partial charge < -0.3 is 24.7 Å². The summed E-state index contributed by atoms with van der Waals surface area (Å²) in [4.78, 5) is 25.3. The summed E-state index contributed by atoms with van der Waals surface area (Å²) in [5.41, 5.74) is 8.73. The molecule has 0 spiro atoms. The van der Waals surface area contributed by atoms with Gasteiger partial charge in [0.2, 0.25) is 5.88 Å². The number of hydrogen-bond donors (Lipinski definition) is 1. The molecule has 1 unspecified atom stereocenters. The van der Waals surface area contributed by atoms with Crippen molar-refractivity contribution in [3.8, 4) is 28.4 Å². The van der Waals surface area contributed by atoms with E-state index in [0.29, 0.717) is 29.2 Å². The molecule has 1 aliphatic heterocycles. The second kappa shape index (κ2) is 10.2. The molecular weight excluding hydrogens is 410 g/mol. The normalized spacial score (nSPS) is 14.9. The summed E-state index contributed by atoms with van der Waals surface area (Å²) in [5, 5.41) is 0. The van der Waals surface area contributed by atoms with Crippen LogP contribution in [0.1, 0.15) is 44.6 Å². The van der Waals surface area contributed by atoms with Gasteiger partial charge in [0.05, 0.1) is 20.8 Å². The van der Waals surface area contributed by atoms with Crippen LogP contribution in [0.5, 0.6) is 17.2 Å². The molecule has 1 atom stereocenters. The lowest BCUT2D eigenvalue weighted by atomic mass is 9.83. The molecule has 0 amide bonds. The first-order chi connectivity index (χ1) is 15.4. The van der Waals surface area contributed by atoms with Gasteiger partial charge in [-0.2, -0.15) is 0 Å². The number of carbonyl (C=O) groups excluding carboxylic acids is 2. The van der Waals surface area contributed by atoms with E-state index in [-0.39, 0.29) is 30.3 Å². The molecule has 0 aliphatic carbocycles. The molecule has 0 radical (unpaired) electrons. The molecule has 1 aliphatic rings. The Balaban J connectivity index is 2.11. The summed E-state index contributed by atoms with van der Waals surface area (Å²) in [6, 6.07) is 11.2. The number of fused-ring (bicyclic) bond motifs is 1. The molecule has 2 N–H and O–H groups in total. The van der Waals surface area contributed by atoms with Crippen molar-refractivity contribution in [2.45, 2.75) is 39.0 Å². The Morgan fingerprint density at radius 2 is 1.69 bits per heavy atom. The van der Waals surface area contributed by atoms with Gasteiger partial charge in [-0.3, -0.25) is 4.79 Å². The molecule has 32 heavy (non-hydrogen) atoms. The van der Waals surface area contributed by atoms with E-state index < -0.39 is 11.9 Å². The fourth-order valence-electron chi connectivity index (χ4n) is 3.84. The van der Waals surface area contributed by atoms with Crippen LogP contribution in [0.2, 0.25) is 0 Å². The number of carbonyl (C=O) groups is 2. The Hall–Kier alpha value is -3.48. The summed E-state index contributed by atoms with van der Waals surface area (Å²) >= 11 is 0. The predicted octanol–water partition coefficient (Wildman–Crippen LogP) is 4.34. The van der Waals surface area contributed by atoms with Crippen LogP contribution in [0.3, 0.4) is 0 Å². The van der Waals surface area contributed by atoms with Crippen LogP contribution in [0.25, 0.3) is 11.1 Å². The van der Waals surface area contributed by atoms with E-state index in [0.717, 1.165) is 17.5 Å². The standard InChI is InChI=1S/C25H29NO6/c1-5-7-17(27)13-21-20-12-15(16-10-18(29-3)14-19(11-16)30-4)8-9-22(20)32-24(26)23(21)25(28)31-6-2/h8-12,14,21H,5-7,13,26H2,1-4H3. The zero-order valence-corrected chi connectivity index (χ0v) is 18.9. The predicted molar refractivity (Wildman–Crippen MR) is 121 cm³/mol. The van der Waals surface area contributed by atoms with Crippen LogP contribution in [0.4, 0.5) is 0 Å². The summed E-state index contributed by atoms with van der Waals surface area (Å²) < 4.78 is 21.7. The molecule has 0 saturated carbocycles. The molecule has 0 fully saturated rings. The van der Waals surface area contributed by atoms with E-state index >= 15 is 0 Å². The Labute approximate surface area is 188 Å². The van der Waals surface area contributed by atoms with Gasteiger partial charge in [0.1, 0.15) is 28.6 Å². The Morgan fingerprint density at radius 1 is 1.00 bits per heavy atom. The van der Waals surface area contributed by atoms with E-state index in [1.54, 1.807) is 33.3 Å². The molecule has 1 heterocycles. The summed E-state index contributed by atoms with van der Waals surface area (Å²) in [5.74, 6) is 0.722. The molecule has 7 nitrogen and oxygen atoms in total. The fourth-order valence-corrected chi connectivity index (χ4v) is 3.84. The highest BCUT2D eigenvalue weighted by molar-refractivity contribution is 5.93. The number of ketones is 1. The molecule has 170 valence electrons. The first kappa shape index (κ1) is 23.2. The molecule has 0 saturated heterocycles. The van der Waals surface area contributed by atoms with Gasteiger partial charge >= 0.3 is 5.97 Å². The number of Topliss-reactive ketones (excluding diaryl/α,β-unsaturated/α-hetero) is 1. The van der Waals surface area contributed by atoms with Crippen LogP contribution < -0.4 is 19.9 Å². The highest BCUT2D eigenvalue weighted by Gasteiger charge is 2.35. The lowest BCUT2D eigenvalue weighted by Gasteiger charge is -2.28. The van der Waals surface area contributed by atoms with Crippen molar-refractivity contribution in [3.63, 3.8) is 0 Å². The van der Waals surface area contributed by atoms with Gasteiger partial charge in [0.25, 0.3) is 0 Å². The van der Waals surface area contributed by atoms with Crippen LogP contribution >= 0.6 is 0 Å². The number of ether oxygens (including phenoxy) is 4. The topological polar surface area (TPSA) is 97.1 Å². The maximum atomic E-state index is 12.7. The number of methoxy groups -OCH3 is 2. The summed E-state index contributed by atoms with van der Waals surface area (Å²) in [7, 11) is 3.18. The van der Waals surface area contributed by atoms with E-state index in [9.17, 15) is 9.59 Å². The fraction of sp³-hybridized carbons (Fsp3) is 0.360. The van der Waals surface area contributed by atoms with E-state index in [4.69, 9.17) is 24.7 Å². The van der Waals surface area contributed by atoms with Crippen LogP contribution in [0.15, 0.2) is 47.9 Å². The molecule has 0 bridgehead atoms. The highest BCUT2D eigenvalue weighted by Crippen LogP contribution is 2.43. The Morgan fingerprint density at radius 3 is 2.28 bits per heavy atom. The quantitative estimate of drug-likeness (QED) is 0.581. The molecule has 0 aromatic heterocycles. The summed E-state index contributed by atoms with van der Waals surface area (Å²) in [6.45, 7) is 3.86. The maximum absolute atomic E-state index is 12.7. The zero-order valence-electron chi connectivity index (χ0n) is 18.9. The monoisotopic (exact) mass is 439 g/mol. The van der Waals surface area contributed by atoms with Crippen LogP contribution in [0, 0.1) is 0 Å². The Kier molecular flexibility index (Phi) is 7.41. The molecule has 2 aromatic carbocycles. The Bertz CT molecular complexity index is 1020. The van der Waals surface area contributed by atoms with Crippen molar-refractivity contribution >= 4 is 11.8 Å². The van der Waals surface area contributed by atoms with Crippen molar-refractivity contribution in [2.75, 3.05) is 20.8 Å². The van der Waals surface area contributed by atoms with Crippen molar-refractivity contribution in [1.82, 2.24) is 0 Å². The van der Waals surface area contributed by atoms with Crippen molar-refractivity contribution in [3.05, 3.63) is 53.4 Å². The molecule has 3 rings (SSSR count). The molecule has 2 aromatic rings. The number of benzene rings is 2. The lowest BCUT2D eigenvalue weighted by Crippen LogP contribution is -2.28. The smallest absolute Gasteiger partial charge is 0.340 e. The lowest BCUT2D eigenvalue weighted by molar-refractivity contribution is -0.139. The van der Waals surface area contributed by atoms with Crippen molar-refractivity contribution in [2.24, 2.45) is 5.73 Å². The van der Waals surface area contributed by atoms with Gasteiger partial charge in [-0.05, 0) is 48.7 Å². The first-order valence-corrected chi connectivity index (χ1v) is 10.6. The maximum Gasteiger partial charge on any atom is 0.340 e. The van der Waals surface area contributed by atoms with Gasteiger partial charge in [-0.15, -0.1) is 0 Å².